The van der Waals surface area contributed by atoms with Crippen LogP contribution in [-0.4, -0.2) is 54.7 Å². The van der Waals surface area contributed by atoms with Gasteiger partial charge in [0, 0.05) is 13.1 Å². The second-order valence-corrected chi connectivity index (χ2v) is 4.59. The van der Waals surface area contributed by atoms with E-state index in [0.29, 0.717) is 31.3 Å². The van der Waals surface area contributed by atoms with Gasteiger partial charge >= 0.3 is 0 Å². The van der Waals surface area contributed by atoms with Crippen molar-refractivity contribution in [1.82, 2.24) is 4.90 Å². The van der Waals surface area contributed by atoms with E-state index in [1.807, 2.05) is 0 Å². The topological polar surface area (TPSA) is 59.0 Å². The highest BCUT2D eigenvalue weighted by atomic mass is 35.5. The van der Waals surface area contributed by atoms with Gasteiger partial charge in [0.05, 0.1) is 31.3 Å². The largest absolute Gasteiger partial charge is 0.507 e. The number of phenolic OH excluding ortho intramolecular Hbond substituents is 1. The summed E-state index contributed by atoms with van der Waals surface area (Å²) in [5.41, 5.74) is 0.231. The van der Waals surface area contributed by atoms with Crippen LogP contribution in [0.15, 0.2) is 18.2 Å². The lowest BCUT2D eigenvalue weighted by molar-refractivity contribution is -0.0109. The van der Waals surface area contributed by atoms with Crippen LogP contribution < -0.4 is 4.74 Å². The number of nitrogens with zero attached hydrogens (tertiary/aromatic N) is 1. The number of amides is 1. The SMILES string of the molecule is COc1ccc(O)c(C(=O)N2CCOC(CCl)C2)c1. The molecule has 5 nitrogen and oxygen atoms in total. The number of methoxy groups -OCH3 is 1. The Labute approximate surface area is 116 Å². The molecule has 2 rings (SSSR count). The molecule has 0 aliphatic carbocycles. The van der Waals surface area contributed by atoms with Crippen molar-refractivity contribution < 1.29 is 19.4 Å². The molecule has 1 fully saturated rings. The van der Waals surface area contributed by atoms with E-state index < -0.39 is 0 Å². The number of alkyl halides is 1. The summed E-state index contributed by atoms with van der Waals surface area (Å²) in [6.45, 7) is 1.37. The molecule has 1 unspecified atom stereocenters. The molecule has 1 heterocycles. The summed E-state index contributed by atoms with van der Waals surface area (Å²) in [5.74, 6) is 0.575. The van der Waals surface area contributed by atoms with Crippen LogP contribution in [0.3, 0.4) is 0 Å². The highest BCUT2D eigenvalue weighted by Crippen LogP contribution is 2.25. The van der Waals surface area contributed by atoms with Gasteiger partial charge in [0.15, 0.2) is 0 Å². The molecule has 104 valence electrons. The predicted octanol–water partition coefficient (Wildman–Crippen LogP) is 1.48. The molecule has 1 aromatic carbocycles. The number of benzene rings is 1. The average molecular weight is 286 g/mol. The van der Waals surface area contributed by atoms with Gasteiger partial charge in [-0.15, -0.1) is 11.6 Å². The number of aromatic hydroxyl groups is 1. The summed E-state index contributed by atoms with van der Waals surface area (Å²) in [7, 11) is 1.51. The summed E-state index contributed by atoms with van der Waals surface area (Å²) >= 11 is 5.74. The maximum absolute atomic E-state index is 12.4. The summed E-state index contributed by atoms with van der Waals surface area (Å²) < 4.78 is 10.5. The van der Waals surface area contributed by atoms with Crippen molar-refractivity contribution in [1.29, 1.82) is 0 Å². The van der Waals surface area contributed by atoms with Gasteiger partial charge in [-0.3, -0.25) is 4.79 Å². The third kappa shape index (κ3) is 3.11. The highest BCUT2D eigenvalue weighted by Gasteiger charge is 2.26. The van der Waals surface area contributed by atoms with Gasteiger partial charge in [-0.05, 0) is 18.2 Å². The van der Waals surface area contributed by atoms with Gasteiger partial charge in [0.1, 0.15) is 11.5 Å². The zero-order chi connectivity index (χ0) is 13.8. The normalized spacial score (nSPS) is 19.3. The lowest BCUT2D eigenvalue weighted by atomic mass is 10.1. The van der Waals surface area contributed by atoms with Crippen LogP contribution in [0.1, 0.15) is 10.4 Å². The van der Waals surface area contributed by atoms with Crippen molar-refractivity contribution in [3.63, 3.8) is 0 Å². The Kier molecular flexibility index (Phi) is 4.50. The van der Waals surface area contributed by atoms with E-state index in [-0.39, 0.29) is 23.3 Å². The van der Waals surface area contributed by atoms with Crippen LogP contribution in [0.4, 0.5) is 0 Å². The number of halogens is 1. The lowest BCUT2D eigenvalue weighted by Crippen LogP contribution is -2.46. The fourth-order valence-electron chi connectivity index (χ4n) is 1.98. The number of ether oxygens (including phenoxy) is 2. The van der Waals surface area contributed by atoms with Crippen molar-refractivity contribution >= 4 is 17.5 Å². The number of phenols is 1. The molecular formula is C13H16ClNO4. The van der Waals surface area contributed by atoms with Gasteiger partial charge in [-0.25, -0.2) is 0 Å². The number of morpholine rings is 1. The molecule has 19 heavy (non-hydrogen) atoms. The van der Waals surface area contributed by atoms with Gasteiger partial charge in [0.25, 0.3) is 5.91 Å². The van der Waals surface area contributed by atoms with Crippen LogP contribution >= 0.6 is 11.6 Å². The van der Waals surface area contributed by atoms with Gasteiger partial charge in [-0.1, -0.05) is 0 Å². The van der Waals surface area contributed by atoms with E-state index >= 15 is 0 Å². The standard InChI is InChI=1S/C13H16ClNO4/c1-18-9-2-3-12(16)11(6-9)13(17)15-4-5-19-10(7-14)8-15/h2-3,6,10,16H,4-5,7-8H2,1H3. The second kappa shape index (κ2) is 6.12. The molecule has 0 radical (unpaired) electrons. The van der Waals surface area contributed by atoms with E-state index in [9.17, 15) is 9.90 Å². The van der Waals surface area contributed by atoms with E-state index in [2.05, 4.69) is 0 Å². The first kappa shape index (κ1) is 14.0. The molecule has 1 saturated heterocycles. The smallest absolute Gasteiger partial charge is 0.257 e. The Bertz CT molecular complexity index is 466. The molecule has 1 amide bonds. The summed E-state index contributed by atoms with van der Waals surface area (Å²) in [5, 5.41) is 9.79. The first-order chi connectivity index (χ1) is 9.15. The summed E-state index contributed by atoms with van der Waals surface area (Å²) in [6, 6.07) is 4.58. The third-order valence-electron chi connectivity index (χ3n) is 3.03. The van der Waals surface area contributed by atoms with E-state index in [1.165, 1.54) is 19.2 Å². The first-order valence-electron chi connectivity index (χ1n) is 5.99. The van der Waals surface area contributed by atoms with Crippen LogP contribution in [0, 0.1) is 0 Å². The molecular weight excluding hydrogens is 270 g/mol. The van der Waals surface area contributed by atoms with E-state index in [1.54, 1.807) is 11.0 Å². The molecule has 1 aliphatic heterocycles. The van der Waals surface area contributed by atoms with Gasteiger partial charge < -0.3 is 19.5 Å². The monoisotopic (exact) mass is 285 g/mol. The summed E-state index contributed by atoms with van der Waals surface area (Å²) in [4.78, 5) is 14.0. The average Bonchev–Trinajstić information content (AvgIpc) is 2.47. The van der Waals surface area contributed by atoms with Crippen molar-refractivity contribution in [2.45, 2.75) is 6.10 Å². The Hall–Kier alpha value is -1.46. The Morgan fingerprint density at radius 1 is 1.63 bits per heavy atom. The number of carbonyl (C=O) groups excluding carboxylic acids is 1. The van der Waals surface area contributed by atoms with Crippen molar-refractivity contribution in [3.8, 4) is 11.5 Å². The van der Waals surface area contributed by atoms with Crippen LogP contribution in [0.2, 0.25) is 0 Å². The Morgan fingerprint density at radius 2 is 2.42 bits per heavy atom. The number of hydrogen-bond donors (Lipinski definition) is 1. The zero-order valence-corrected chi connectivity index (χ0v) is 11.4. The quantitative estimate of drug-likeness (QED) is 0.855. The van der Waals surface area contributed by atoms with Crippen molar-refractivity contribution in [3.05, 3.63) is 23.8 Å². The lowest BCUT2D eigenvalue weighted by Gasteiger charge is -2.32. The minimum absolute atomic E-state index is 0.0558. The maximum Gasteiger partial charge on any atom is 0.257 e. The predicted molar refractivity (Wildman–Crippen MR) is 71.0 cm³/mol. The Morgan fingerprint density at radius 3 is 3.11 bits per heavy atom. The third-order valence-corrected chi connectivity index (χ3v) is 3.38. The molecule has 1 atom stereocenters. The molecule has 0 bridgehead atoms. The van der Waals surface area contributed by atoms with Crippen LogP contribution in [-0.2, 0) is 4.74 Å². The van der Waals surface area contributed by atoms with Crippen LogP contribution in [0.5, 0.6) is 11.5 Å². The number of carbonyl (C=O) groups is 1. The van der Waals surface area contributed by atoms with Crippen LogP contribution in [0.25, 0.3) is 0 Å². The fourth-order valence-corrected chi connectivity index (χ4v) is 2.17. The first-order valence-corrected chi connectivity index (χ1v) is 6.53. The Balaban J connectivity index is 2.18. The highest BCUT2D eigenvalue weighted by molar-refractivity contribution is 6.18. The molecule has 1 N–H and O–H groups in total. The van der Waals surface area contributed by atoms with Gasteiger partial charge in [-0.2, -0.15) is 0 Å². The van der Waals surface area contributed by atoms with E-state index in [4.69, 9.17) is 21.1 Å². The van der Waals surface area contributed by atoms with E-state index in [0.717, 1.165) is 0 Å². The zero-order valence-electron chi connectivity index (χ0n) is 10.6. The maximum atomic E-state index is 12.4. The van der Waals surface area contributed by atoms with Crippen molar-refractivity contribution in [2.24, 2.45) is 0 Å². The summed E-state index contributed by atoms with van der Waals surface area (Å²) in [6.07, 6.45) is -0.160. The molecule has 0 aromatic heterocycles. The molecule has 1 aliphatic rings. The fraction of sp³-hybridized carbons (Fsp3) is 0.462. The molecule has 0 spiro atoms. The number of hydrogen-bond acceptors (Lipinski definition) is 4. The second-order valence-electron chi connectivity index (χ2n) is 4.28. The minimum atomic E-state index is -0.241. The number of rotatable bonds is 3. The minimum Gasteiger partial charge on any atom is -0.507 e. The van der Waals surface area contributed by atoms with Crippen molar-refractivity contribution in [2.75, 3.05) is 32.7 Å². The molecule has 1 aromatic rings. The molecule has 0 saturated carbocycles. The molecule has 6 heteroatoms. The van der Waals surface area contributed by atoms with Gasteiger partial charge in [0.2, 0.25) is 0 Å².